The molecule has 0 amide bonds. The highest BCUT2D eigenvalue weighted by atomic mass is 79.9. The number of rotatable bonds is 4. The second kappa shape index (κ2) is 6.22. The summed E-state index contributed by atoms with van der Waals surface area (Å²) in [5.41, 5.74) is 2.68. The van der Waals surface area contributed by atoms with Gasteiger partial charge in [-0.2, -0.15) is 0 Å². The first-order valence-electron chi connectivity index (χ1n) is 6.32. The molecule has 0 atom stereocenters. The standard InChI is InChI=1S/C15H14BrFN2O2/c1-9-5-10(2)15(19(20)21)7-14(9)18-8-11-3-4-12(16)6-13(11)17/h3-7,18H,8H2,1-2H3. The van der Waals surface area contributed by atoms with E-state index in [1.165, 1.54) is 12.1 Å². The van der Waals surface area contributed by atoms with E-state index < -0.39 is 4.92 Å². The molecule has 2 rings (SSSR count). The number of nitro benzene ring substituents is 1. The first-order chi connectivity index (χ1) is 9.88. The van der Waals surface area contributed by atoms with Crippen molar-refractivity contribution in [3.63, 3.8) is 0 Å². The zero-order chi connectivity index (χ0) is 15.6. The van der Waals surface area contributed by atoms with Crippen LogP contribution < -0.4 is 5.32 Å². The first-order valence-corrected chi connectivity index (χ1v) is 7.11. The first kappa shape index (κ1) is 15.4. The highest BCUT2D eigenvalue weighted by molar-refractivity contribution is 9.10. The summed E-state index contributed by atoms with van der Waals surface area (Å²) in [6, 6.07) is 8.05. The maximum atomic E-state index is 13.7. The summed E-state index contributed by atoms with van der Waals surface area (Å²) < 4.78 is 14.4. The van der Waals surface area contributed by atoms with Gasteiger partial charge < -0.3 is 5.32 Å². The Morgan fingerprint density at radius 1 is 1.24 bits per heavy atom. The number of benzene rings is 2. The van der Waals surface area contributed by atoms with E-state index in [2.05, 4.69) is 21.2 Å². The lowest BCUT2D eigenvalue weighted by Gasteiger charge is -2.11. The van der Waals surface area contributed by atoms with Crippen LogP contribution in [0.2, 0.25) is 0 Å². The molecular weight excluding hydrogens is 339 g/mol. The van der Waals surface area contributed by atoms with E-state index in [1.54, 1.807) is 25.1 Å². The molecule has 21 heavy (non-hydrogen) atoms. The average molecular weight is 353 g/mol. The predicted octanol–water partition coefficient (Wildman–Crippen LogP) is 4.73. The summed E-state index contributed by atoms with van der Waals surface area (Å²) in [5, 5.41) is 14.0. The van der Waals surface area contributed by atoms with Gasteiger partial charge in [-0.1, -0.05) is 22.0 Å². The molecule has 0 spiro atoms. The van der Waals surface area contributed by atoms with E-state index >= 15 is 0 Å². The molecule has 0 unspecified atom stereocenters. The van der Waals surface area contributed by atoms with E-state index in [9.17, 15) is 14.5 Å². The van der Waals surface area contributed by atoms with Crippen molar-refractivity contribution in [1.29, 1.82) is 0 Å². The molecule has 2 aromatic carbocycles. The summed E-state index contributed by atoms with van der Waals surface area (Å²) in [6.45, 7) is 3.82. The maximum absolute atomic E-state index is 13.7. The van der Waals surface area contributed by atoms with Crippen LogP contribution in [-0.2, 0) is 6.54 Å². The molecule has 0 bridgehead atoms. The van der Waals surface area contributed by atoms with Crippen molar-refractivity contribution in [3.05, 3.63) is 67.4 Å². The maximum Gasteiger partial charge on any atom is 0.274 e. The molecule has 0 saturated carbocycles. The Morgan fingerprint density at radius 3 is 2.57 bits per heavy atom. The molecule has 1 N–H and O–H groups in total. The van der Waals surface area contributed by atoms with Crippen LogP contribution in [0.3, 0.4) is 0 Å². The molecule has 0 saturated heterocycles. The van der Waals surface area contributed by atoms with Gasteiger partial charge in [-0.25, -0.2) is 4.39 Å². The highest BCUT2D eigenvalue weighted by Gasteiger charge is 2.13. The van der Waals surface area contributed by atoms with E-state index in [-0.39, 0.29) is 18.0 Å². The van der Waals surface area contributed by atoms with Crippen LogP contribution in [-0.4, -0.2) is 4.92 Å². The fourth-order valence-electron chi connectivity index (χ4n) is 2.08. The molecule has 0 radical (unpaired) electrons. The minimum Gasteiger partial charge on any atom is -0.380 e. The van der Waals surface area contributed by atoms with E-state index in [1.807, 2.05) is 6.92 Å². The van der Waals surface area contributed by atoms with Crippen molar-refractivity contribution in [2.75, 3.05) is 5.32 Å². The van der Waals surface area contributed by atoms with E-state index in [4.69, 9.17) is 0 Å². The third-order valence-corrected chi connectivity index (χ3v) is 3.72. The van der Waals surface area contributed by atoms with Crippen molar-refractivity contribution < 1.29 is 9.31 Å². The fourth-order valence-corrected chi connectivity index (χ4v) is 2.42. The molecule has 0 aliphatic heterocycles. The molecular formula is C15H14BrFN2O2. The lowest BCUT2D eigenvalue weighted by Crippen LogP contribution is -2.04. The van der Waals surface area contributed by atoms with Crippen LogP contribution in [0.5, 0.6) is 0 Å². The zero-order valence-corrected chi connectivity index (χ0v) is 13.2. The van der Waals surface area contributed by atoms with Crippen molar-refractivity contribution >= 4 is 27.3 Å². The molecule has 0 aliphatic rings. The van der Waals surface area contributed by atoms with Crippen LogP contribution in [0.4, 0.5) is 15.8 Å². The highest BCUT2D eigenvalue weighted by Crippen LogP contribution is 2.27. The molecule has 0 heterocycles. The SMILES string of the molecule is Cc1cc(C)c([N+](=O)[O-])cc1NCc1ccc(Br)cc1F. The largest absolute Gasteiger partial charge is 0.380 e. The van der Waals surface area contributed by atoms with Gasteiger partial charge in [-0.15, -0.1) is 0 Å². The molecule has 0 aromatic heterocycles. The molecule has 0 aliphatic carbocycles. The number of nitrogens with zero attached hydrogens (tertiary/aromatic N) is 1. The van der Waals surface area contributed by atoms with Gasteiger partial charge in [0.05, 0.1) is 4.92 Å². The van der Waals surface area contributed by atoms with Gasteiger partial charge in [0.15, 0.2) is 0 Å². The molecule has 110 valence electrons. The molecule has 0 fully saturated rings. The summed E-state index contributed by atoms with van der Waals surface area (Å²) in [6.07, 6.45) is 0. The number of aryl methyl sites for hydroxylation is 2. The Labute approximate surface area is 130 Å². The monoisotopic (exact) mass is 352 g/mol. The Morgan fingerprint density at radius 2 is 1.95 bits per heavy atom. The van der Waals surface area contributed by atoms with Gasteiger partial charge in [-0.3, -0.25) is 10.1 Å². The normalized spacial score (nSPS) is 10.5. The Balaban J connectivity index is 2.23. The van der Waals surface area contributed by atoms with Gasteiger partial charge >= 0.3 is 0 Å². The van der Waals surface area contributed by atoms with Gasteiger partial charge in [0.25, 0.3) is 5.69 Å². The third kappa shape index (κ3) is 3.58. The summed E-state index contributed by atoms with van der Waals surface area (Å²) in [4.78, 5) is 10.5. The second-order valence-corrected chi connectivity index (χ2v) is 5.72. The lowest BCUT2D eigenvalue weighted by molar-refractivity contribution is -0.385. The van der Waals surface area contributed by atoms with E-state index in [0.29, 0.717) is 21.3 Å². The van der Waals surface area contributed by atoms with Crippen LogP contribution in [0.25, 0.3) is 0 Å². The Hall–Kier alpha value is -1.95. The quantitative estimate of drug-likeness (QED) is 0.639. The number of nitrogens with one attached hydrogen (secondary N) is 1. The van der Waals surface area contributed by atoms with Crippen LogP contribution in [0, 0.1) is 29.8 Å². The smallest absolute Gasteiger partial charge is 0.274 e. The Kier molecular flexibility index (Phi) is 4.57. The van der Waals surface area contributed by atoms with Gasteiger partial charge in [-0.05, 0) is 37.6 Å². The summed E-state index contributed by atoms with van der Waals surface area (Å²) in [5.74, 6) is -0.323. The molecule has 4 nitrogen and oxygen atoms in total. The number of nitro groups is 1. The number of halogens is 2. The number of hydrogen-bond acceptors (Lipinski definition) is 3. The minimum atomic E-state index is -0.417. The van der Waals surface area contributed by atoms with E-state index in [0.717, 1.165) is 5.56 Å². The lowest BCUT2D eigenvalue weighted by atomic mass is 10.1. The summed E-state index contributed by atoms with van der Waals surface area (Å²) >= 11 is 3.20. The second-order valence-electron chi connectivity index (χ2n) is 4.80. The summed E-state index contributed by atoms with van der Waals surface area (Å²) in [7, 11) is 0. The van der Waals surface area contributed by atoms with Crippen molar-refractivity contribution in [2.24, 2.45) is 0 Å². The van der Waals surface area contributed by atoms with Crippen molar-refractivity contribution in [3.8, 4) is 0 Å². The van der Waals surface area contributed by atoms with Crippen molar-refractivity contribution in [2.45, 2.75) is 20.4 Å². The topological polar surface area (TPSA) is 55.2 Å². The van der Waals surface area contributed by atoms with Crippen LogP contribution >= 0.6 is 15.9 Å². The van der Waals surface area contributed by atoms with Gasteiger partial charge in [0.1, 0.15) is 5.82 Å². The molecule has 6 heteroatoms. The number of anilines is 1. The number of hydrogen-bond donors (Lipinski definition) is 1. The Bertz CT molecular complexity index is 704. The zero-order valence-electron chi connectivity index (χ0n) is 11.6. The predicted molar refractivity (Wildman–Crippen MR) is 84.0 cm³/mol. The van der Waals surface area contributed by atoms with Crippen LogP contribution in [0.15, 0.2) is 34.8 Å². The van der Waals surface area contributed by atoms with Crippen LogP contribution in [0.1, 0.15) is 16.7 Å². The average Bonchev–Trinajstić information content (AvgIpc) is 2.39. The fraction of sp³-hybridized carbons (Fsp3) is 0.200. The molecule has 2 aromatic rings. The van der Waals surface area contributed by atoms with Gasteiger partial charge in [0, 0.05) is 33.9 Å². The van der Waals surface area contributed by atoms with Gasteiger partial charge in [0.2, 0.25) is 0 Å². The van der Waals surface area contributed by atoms with Crippen molar-refractivity contribution in [1.82, 2.24) is 0 Å². The minimum absolute atomic E-state index is 0.0550. The third-order valence-electron chi connectivity index (χ3n) is 3.22.